The molecule has 0 aliphatic heterocycles. The van der Waals surface area contributed by atoms with Crippen molar-refractivity contribution in [2.45, 2.75) is 20.0 Å². The minimum Gasteiger partial charge on any atom is -0.458 e. The Morgan fingerprint density at radius 1 is 1.39 bits per heavy atom. The molecule has 5 heteroatoms. The summed E-state index contributed by atoms with van der Waals surface area (Å²) in [6, 6.07) is 0.493. The Labute approximate surface area is 146 Å². The van der Waals surface area contributed by atoms with Crippen LogP contribution in [0.15, 0.2) is 45.2 Å². The van der Waals surface area contributed by atoms with Crippen LogP contribution < -0.4 is 0 Å². The van der Waals surface area contributed by atoms with E-state index in [4.69, 9.17) is 9.90 Å². The summed E-state index contributed by atoms with van der Waals surface area (Å²) in [5, 5.41) is 9.89. The van der Waals surface area contributed by atoms with Gasteiger partial charge in [-0.3, -0.25) is 4.79 Å². The van der Waals surface area contributed by atoms with Gasteiger partial charge in [0.1, 0.15) is 23.3 Å². The van der Waals surface area contributed by atoms with E-state index in [0.29, 0.717) is 10.0 Å². The molecular weight excluding hydrogens is 363 g/mol. The van der Waals surface area contributed by atoms with Gasteiger partial charge in [0.05, 0.1) is 11.0 Å². The van der Waals surface area contributed by atoms with Gasteiger partial charge >= 0.3 is 0 Å². The Balaban J connectivity index is 2.40. The van der Waals surface area contributed by atoms with E-state index in [1.807, 2.05) is 0 Å². The number of ketones is 1. The number of carbonyl (C=O) groups excluding carboxylic acids is 1. The first-order chi connectivity index (χ1) is 12.6. The largest absolute Gasteiger partial charge is 0.458 e. The Kier molecular flexibility index (Phi) is 2.96. The maximum atomic E-state index is 14.1. The molecule has 1 aromatic heterocycles. The van der Waals surface area contributed by atoms with Crippen molar-refractivity contribution < 1.29 is 24.2 Å². The summed E-state index contributed by atoms with van der Waals surface area (Å²) in [5.74, 6) is -1.52. The lowest BCUT2D eigenvalue weighted by molar-refractivity contribution is 0.102. The van der Waals surface area contributed by atoms with Gasteiger partial charge in [-0.25, -0.2) is 4.39 Å². The summed E-state index contributed by atoms with van der Waals surface area (Å²) >= 11 is 3.19. The second kappa shape index (κ2) is 5.91. The van der Waals surface area contributed by atoms with Crippen LogP contribution in [0.4, 0.5) is 4.39 Å². The number of aliphatic hydroxyl groups is 1. The second-order valence-electron chi connectivity index (χ2n) is 5.12. The van der Waals surface area contributed by atoms with Crippen molar-refractivity contribution in [1.29, 1.82) is 0 Å². The summed E-state index contributed by atoms with van der Waals surface area (Å²) in [6.07, 6.45) is -1.25. The number of hydrogen-bond donors (Lipinski definition) is 1. The van der Waals surface area contributed by atoms with E-state index in [0.717, 1.165) is 6.07 Å². The molecule has 1 atom stereocenters. The molecule has 0 bridgehead atoms. The number of aliphatic hydroxyl groups excluding tert-OH is 1. The number of para-hydroxylation sites is 1. The number of fused-ring (bicyclic) bond motifs is 1. The number of rotatable bonds is 3. The number of halogens is 2. The molecule has 23 heavy (non-hydrogen) atoms. The monoisotopic (exact) mass is 380 g/mol. The molecule has 3 nitrogen and oxygen atoms in total. The highest BCUT2D eigenvalue weighted by Crippen LogP contribution is 2.33. The number of hydrogen-bond acceptors (Lipinski definition) is 3. The van der Waals surface area contributed by atoms with Crippen molar-refractivity contribution in [3.8, 4) is 0 Å². The molecule has 0 fully saturated rings. The Hall–Kier alpha value is -1.98. The zero-order valence-electron chi connectivity index (χ0n) is 16.3. The van der Waals surface area contributed by atoms with E-state index in [1.165, 1.54) is 13.0 Å². The molecule has 0 saturated heterocycles. The average Bonchev–Trinajstić information content (AvgIpc) is 3.02. The third-order valence-corrected chi connectivity index (χ3v) is 4.33. The summed E-state index contributed by atoms with van der Waals surface area (Å²) < 4.78 is 51.6. The van der Waals surface area contributed by atoms with E-state index in [9.17, 15) is 14.3 Å². The van der Waals surface area contributed by atoms with E-state index >= 15 is 0 Å². The molecule has 1 N–H and O–H groups in total. The van der Waals surface area contributed by atoms with Crippen molar-refractivity contribution in [3.05, 3.63) is 69.0 Å². The fourth-order valence-corrected chi connectivity index (χ4v) is 2.71. The lowest BCUT2D eigenvalue weighted by atomic mass is 9.98. The molecule has 0 radical (unpaired) electrons. The summed E-state index contributed by atoms with van der Waals surface area (Å²) in [4.78, 5) is 13.1. The SMILES string of the molecule is [2H]c1c([2H])c([2H])c2c(C(=O)c3cc(F)c(C)c(Br)c3)c(C(C)O)oc2c1[2H]. The zero-order valence-corrected chi connectivity index (χ0v) is 13.8. The number of furan rings is 1. The van der Waals surface area contributed by atoms with Crippen molar-refractivity contribution in [1.82, 2.24) is 0 Å². The average molecular weight is 381 g/mol. The third-order valence-electron chi connectivity index (χ3n) is 3.51. The van der Waals surface area contributed by atoms with E-state index in [-0.39, 0.29) is 27.9 Å². The lowest BCUT2D eigenvalue weighted by Gasteiger charge is -2.07. The van der Waals surface area contributed by atoms with Crippen molar-refractivity contribution in [2.75, 3.05) is 0 Å². The first-order valence-electron chi connectivity index (χ1n) is 8.77. The highest BCUT2D eigenvalue weighted by atomic mass is 79.9. The fourth-order valence-electron chi connectivity index (χ4n) is 2.28. The van der Waals surface area contributed by atoms with Gasteiger partial charge in [0, 0.05) is 15.4 Å². The fraction of sp³-hybridized carbons (Fsp3) is 0.167. The van der Waals surface area contributed by atoms with Crippen LogP contribution in [0.2, 0.25) is 0 Å². The molecule has 118 valence electrons. The molecule has 0 spiro atoms. The lowest BCUT2D eigenvalue weighted by Crippen LogP contribution is -2.06. The molecular formula is C18H14BrFO3. The van der Waals surface area contributed by atoms with Crippen LogP contribution in [-0.4, -0.2) is 10.9 Å². The molecule has 0 aliphatic carbocycles. The highest BCUT2D eigenvalue weighted by Gasteiger charge is 2.25. The highest BCUT2D eigenvalue weighted by molar-refractivity contribution is 9.10. The molecule has 1 heterocycles. The van der Waals surface area contributed by atoms with Gasteiger partial charge in [0.15, 0.2) is 5.78 Å². The zero-order chi connectivity index (χ0) is 20.2. The smallest absolute Gasteiger partial charge is 0.197 e. The Morgan fingerprint density at radius 3 is 2.74 bits per heavy atom. The van der Waals surface area contributed by atoms with Crippen LogP contribution in [0.1, 0.15) is 45.8 Å². The normalized spacial score (nSPS) is 15.0. The summed E-state index contributed by atoms with van der Waals surface area (Å²) in [7, 11) is 0. The van der Waals surface area contributed by atoms with Crippen molar-refractivity contribution in [3.63, 3.8) is 0 Å². The molecule has 0 aliphatic rings. The van der Waals surface area contributed by atoms with E-state index in [2.05, 4.69) is 15.9 Å². The van der Waals surface area contributed by atoms with Crippen molar-refractivity contribution >= 4 is 32.7 Å². The van der Waals surface area contributed by atoms with Gasteiger partial charge in [0.2, 0.25) is 0 Å². The van der Waals surface area contributed by atoms with Crippen LogP contribution in [0.3, 0.4) is 0 Å². The quantitative estimate of drug-likeness (QED) is 0.655. The first-order valence-corrected chi connectivity index (χ1v) is 7.56. The van der Waals surface area contributed by atoms with Crippen LogP contribution in [0, 0.1) is 12.7 Å². The molecule has 3 aromatic rings. The molecule has 2 aromatic carbocycles. The van der Waals surface area contributed by atoms with Gasteiger partial charge in [-0.2, -0.15) is 0 Å². The summed E-state index contributed by atoms with van der Waals surface area (Å²) in [5.41, 5.74) is -0.155. The molecule has 0 amide bonds. The topological polar surface area (TPSA) is 50.4 Å². The Bertz CT molecular complexity index is 1090. The van der Waals surface area contributed by atoms with E-state index in [1.54, 1.807) is 6.92 Å². The number of carbonyl (C=O) groups is 1. The van der Waals surface area contributed by atoms with Gasteiger partial charge in [-0.05, 0) is 37.6 Å². The maximum Gasteiger partial charge on any atom is 0.197 e. The minimum absolute atomic E-state index is 0.0398. The summed E-state index contributed by atoms with van der Waals surface area (Å²) in [6.45, 7) is 2.88. The van der Waals surface area contributed by atoms with Crippen LogP contribution in [0.5, 0.6) is 0 Å². The first kappa shape index (κ1) is 11.5. The predicted octanol–water partition coefficient (Wildman–Crippen LogP) is 4.93. The molecule has 0 saturated carbocycles. The molecule has 3 rings (SSSR count). The van der Waals surface area contributed by atoms with Crippen LogP contribution >= 0.6 is 15.9 Å². The van der Waals surface area contributed by atoms with Crippen LogP contribution in [-0.2, 0) is 0 Å². The second-order valence-corrected chi connectivity index (χ2v) is 5.97. The standard InChI is InChI=1S/C18H14BrFO3/c1-9-13(19)7-11(8-14(9)20)17(22)16-12-5-3-4-6-15(12)23-18(16)10(2)21/h3-8,10,21H,1-2H3/i3D,4D,5D,6D. The maximum absolute atomic E-state index is 14.1. The third kappa shape index (κ3) is 2.71. The number of benzene rings is 2. The van der Waals surface area contributed by atoms with Gasteiger partial charge in [-0.1, -0.05) is 34.1 Å². The van der Waals surface area contributed by atoms with Crippen molar-refractivity contribution in [2.24, 2.45) is 0 Å². The minimum atomic E-state index is -1.25. The van der Waals surface area contributed by atoms with Gasteiger partial charge in [0.25, 0.3) is 0 Å². The van der Waals surface area contributed by atoms with E-state index < -0.39 is 41.9 Å². The predicted molar refractivity (Wildman–Crippen MR) is 89.1 cm³/mol. The Morgan fingerprint density at radius 2 is 2.09 bits per heavy atom. The molecule has 1 unspecified atom stereocenters. The van der Waals surface area contributed by atoms with Gasteiger partial charge < -0.3 is 9.52 Å². The van der Waals surface area contributed by atoms with Crippen LogP contribution in [0.25, 0.3) is 11.0 Å². The van der Waals surface area contributed by atoms with Gasteiger partial charge in [-0.15, -0.1) is 0 Å².